The van der Waals surface area contributed by atoms with Gasteiger partial charge in [-0.3, -0.25) is 13.9 Å². The van der Waals surface area contributed by atoms with Crippen LogP contribution in [0, 0.1) is 5.92 Å². The third-order valence-corrected chi connectivity index (χ3v) is 5.69. The molecule has 0 fully saturated rings. The second kappa shape index (κ2) is 8.17. The first-order chi connectivity index (χ1) is 12.9. The standard InChI is InChI=1S/C20H26N4O2S/c1-14(2)10-12-24-16-17(22(3)20(26)23(4)18(16)25)21-19(24)27-13-11-15-8-6-5-7-9-15/h5-9,14H,10-13H2,1-4H3. The summed E-state index contributed by atoms with van der Waals surface area (Å²) in [7, 11) is 3.19. The Hall–Kier alpha value is -2.28. The van der Waals surface area contributed by atoms with Crippen LogP contribution in [0.1, 0.15) is 25.8 Å². The molecule has 0 bridgehead atoms. The van der Waals surface area contributed by atoms with E-state index in [0.717, 1.165) is 34.9 Å². The van der Waals surface area contributed by atoms with Gasteiger partial charge in [0.05, 0.1) is 0 Å². The monoisotopic (exact) mass is 386 g/mol. The van der Waals surface area contributed by atoms with Crippen molar-refractivity contribution in [3.05, 3.63) is 56.7 Å². The van der Waals surface area contributed by atoms with E-state index < -0.39 is 0 Å². The Bertz CT molecular complexity index is 1050. The van der Waals surface area contributed by atoms with Crippen molar-refractivity contribution < 1.29 is 0 Å². The van der Waals surface area contributed by atoms with E-state index in [1.807, 2.05) is 22.8 Å². The highest BCUT2D eigenvalue weighted by atomic mass is 32.2. The van der Waals surface area contributed by atoms with E-state index in [1.165, 1.54) is 17.2 Å². The Labute approximate surface area is 162 Å². The molecule has 27 heavy (non-hydrogen) atoms. The molecular formula is C20H26N4O2S. The molecule has 0 N–H and O–H groups in total. The molecule has 2 aromatic heterocycles. The van der Waals surface area contributed by atoms with Crippen LogP contribution in [-0.4, -0.2) is 24.4 Å². The number of hydrogen-bond acceptors (Lipinski definition) is 4. The van der Waals surface area contributed by atoms with Crippen LogP contribution in [0.25, 0.3) is 11.2 Å². The molecule has 1 aromatic carbocycles. The van der Waals surface area contributed by atoms with Gasteiger partial charge in [-0.05, 0) is 24.3 Å². The van der Waals surface area contributed by atoms with Crippen molar-refractivity contribution >= 4 is 22.9 Å². The van der Waals surface area contributed by atoms with Gasteiger partial charge >= 0.3 is 5.69 Å². The first-order valence-corrected chi connectivity index (χ1v) is 10.2. The van der Waals surface area contributed by atoms with E-state index in [2.05, 4.69) is 31.0 Å². The summed E-state index contributed by atoms with van der Waals surface area (Å²) in [6.07, 6.45) is 1.87. The van der Waals surface area contributed by atoms with E-state index in [4.69, 9.17) is 0 Å². The Morgan fingerprint density at radius 2 is 1.78 bits per heavy atom. The fraction of sp³-hybridized carbons (Fsp3) is 0.450. The minimum absolute atomic E-state index is 0.278. The van der Waals surface area contributed by atoms with Crippen LogP contribution in [0.3, 0.4) is 0 Å². The predicted octanol–water partition coefficient (Wildman–Crippen LogP) is 2.81. The highest BCUT2D eigenvalue weighted by Crippen LogP contribution is 2.23. The normalized spacial score (nSPS) is 11.6. The van der Waals surface area contributed by atoms with E-state index in [0.29, 0.717) is 17.1 Å². The van der Waals surface area contributed by atoms with Crippen LogP contribution < -0.4 is 11.2 Å². The van der Waals surface area contributed by atoms with Crippen LogP contribution in [0.2, 0.25) is 0 Å². The fourth-order valence-corrected chi connectivity index (χ4v) is 4.05. The summed E-state index contributed by atoms with van der Waals surface area (Å²) in [6, 6.07) is 10.3. The average Bonchev–Trinajstić information content (AvgIpc) is 3.02. The summed E-state index contributed by atoms with van der Waals surface area (Å²) in [5.41, 5.74) is 1.63. The van der Waals surface area contributed by atoms with Crippen molar-refractivity contribution in [1.82, 2.24) is 18.7 Å². The van der Waals surface area contributed by atoms with Crippen LogP contribution in [0.4, 0.5) is 0 Å². The highest BCUT2D eigenvalue weighted by Gasteiger charge is 2.19. The zero-order valence-electron chi connectivity index (χ0n) is 16.3. The molecule has 0 radical (unpaired) electrons. The molecule has 0 atom stereocenters. The Morgan fingerprint density at radius 1 is 1.07 bits per heavy atom. The smallest absolute Gasteiger partial charge is 0.313 e. The van der Waals surface area contributed by atoms with Gasteiger partial charge in [-0.15, -0.1) is 0 Å². The molecule has 0 unspecified atom stereocenters. The van der Waals surface area contributed by atoms with Crippen molar-refractivity contribution in [3.63, 3.8) is 0 Å². The summed E-state index contributed by atoms with van der Waals surface area (Å²) in [4.78, 5) is 29.7. The molecule has 0 saturated carbocycles. The number of fused-ring (bicyclic) bond motifs is 1. The molecule has 0 amide bonds. The van der Waals surface area contributed by atoms with Crippen LogP contribution in [0.15, 0.2) is 45.1 Å². The Morgan fingerprint density at radius 3 is 2.44 bits per heavy atom. The number of benzene rings is 1. The van der Waals surface area contributed by atoms with E-state index in [1.54, 1.807) is 18.8 Å². The van der Waals surface area contributed by atoms with E-state index in [9.17, 15) is 9.59 Å². The fourth-order valence-electron chi connectivity index (χ4n) is 3.04. The summed E-state index contributed by atoms with van der Waals surface area (Å²) >= 11 is 1.64. The third-order valence-electron chi connectivity index (χ3n) is 4.71. The second-order valence-corrected chi connectivity index (χ2v) is 8.25. The molecular weight excluding hydrogens is 360 g/mol. The first-order valence-electron chi connectivity index (χ1n) is 9.23. The number of aryl methyl sites for hydroxylation is 3. The molecule has 0 spiro atoms. The largest absolute Gasteiger partial charge is 0.332 e. The van der Waals surface area contributed by atoms with Crippen molar-refractivity contribution in [1.29, 1.82) is 0 Å². The zero-order valence-corrected chi connectivity index (χ0v) is 17.1. The molecule has 2 heterocycles. The van der Waals surface area contributed by atoms with Crippen molar-refractivity contribution in [3.8, 4) is 0 Å². The van der Waals surface area contributed by atoms with Gasteiger partial charge in [0.1, 0.15) is 0 Å². The minimum atomic E-state index is -0.346. The van der Waals surface area contributed by atoms with Crippen LogP contribution in [0.5, 0.6) is 0 Å². The lowest BCUT2D eigenvalue weighted by atomic mass is 10.1. The van der Waals surface area contributed by atoms with Crippen molar-refractivity contribution in [2.45, 2.75) is 38.4 Å². The van der Waals surface area contributed by atoms with Gasteiger partial charge in [0, 0.05) is 26.4 Å². The maximum Gasteiger partial charge on any atom is 0.332 e. The lowest BCUT2D eigenvalue weighted by Gasteiger charge is -2.11. The zero-order chi connectivity index (χ0) is 19.6. The molecule has 3 aromatic rings. The Kier molecular flexibility index (Phi) is 5.89. The van der Waals surface area contributed by atoms with E-state index >= 15 is 0 Å². The van der Waals surface area contributed by atoms with Gasteiger partial charge in [-0.2, -0.15) is 0 Å². The van der Waals surface area contributed by atoms with Crippen molar-refractivity contribution in [2.75, 3.05) is 5.75 Å². The summed E-state index contributed by atoms with van der Waals surface area (Å²) in [6.45, 7) is 5.04. The van der Waals surface area contributed by atoms with Crippen LogP contribution in [-0.2, 0) is 27.1 Å². The molecule has 0 aliphatic carbocycles. The van der Waals surface area contributed by atoms with Gasteiger partial charge in [0.15, 0.2) is 16.3 Å². The molecule has 0 saturated heterocycles. The number of hydrogen-bond donors (Lipinski definition) is 0. The number of thioether (sulfide) groups is 1. The van der Waals surface area contributed by atoms with Gasteiger partial charge < -0.3 is 4.57 Å². The predicted molar refractivity (Wildman–Crippen MR) is 111 cm³/mol. The summed E-state index contributed by atoms with van der Waals surface area (Å²) < 4.78 is 4.62. The topological polar surface area (TPSA) is 61.8 Å². The van der Waals surface area contributed by atoms with Gasteiger partial charge in [-0.1, -0.05) is 55.9 Å². The second-order valence-electron chi connectivity index (χ2n) is 7.19. The first kappa shape index (κ1) is 19.5. The quantitative estimate of drug-likeness (QED) is 0.586. The lowest BCUT2D eigenvalue weighted by molar-refractivity contribution is 0.502. The van der Waals surface area contributed by atoms with Gasteiger partial charge in [0.2, 0.25) is 0 Å². The molecule has 7 heteroatoms. The average molecular weight is 387 g/mol. The van der Waals surface area contributed by atoms with Crippen LogP contribution >= 0.6 is 11.8 Å². The van der Waals surface area contributed by atoms with Crippen molar-refractivity contribution in [2.24, 2.45) is 20.0 Å². The third kappa shape index (κ3) is 4.03. The number of aromatic nitrogens is 4. The van der Waals surface area contributed by atoms with Gasteiger partial charge in [-0.25, -0.2) is 9.78 Å². The highest BCUT2D eigenvalue weighted by molar-refractivity contribution is 7.99. The van der Waals surface area contributed by atoms with Gasteiger partial charge in [0.25, 0.3) is 5.56 Å². The SMILES string of the molecule is CC(C)CCn1c(SCCc2ccccc2)nc2c1c(=O)n(C)c(=O)n2C. The minimum Gasteiger partial charge on any atom is -0.313 e. The molecule has 144 valence electrons. The number of rotatable bonds is 7. The Balaban J connectivity index is 1.98. The molecule has 0 aliphatic heterocycles. The maximum absolute atomic E-state index is 12.8. The van der Waals surface area contributed by atoms with E-state index in [-0.39, 0.29) is 11.2 Å². The number of nitrogens with zero attached hydrogens (tertiary/aromatic N) is 4. The molecule has 6 nitrogen and oxygen atoms in total. The maximum atomic E-state index is 12.8. The summed E-state index contributed by atoms with van der Waals surface area (Å²) in [5.74, 6) is 1.38. The summed E-state index contributed by atoms with van der Waals surface area (Å²) in [5, 5.41) is 0.805. The molecule has 0 aliphatic rings. The lowest BCUT2D eigenvalue weighted by Crippen LogP contribution is -2.37. The molecule has 3 rings (SSSR count). The number of imidazole rings is 1.